The van der Waals surface area contributed by atoms with Crippen molar-refractivity contribution in [3.05, 3.63) is 78.1 Å². The summed E-state index contributed by atoms with van der Waals surface area (Å²) in [6.07, 6.45) is 5.59. The fourth-order valence-electron chi connectivity index (χ4n) is 4.07. The van der Waals surface area contributed by atoms with E-state index in [2.05, 4.69) is 57.5 Å². The maximum atomic E-state index is 5.09. The number of rotatable bonds is 3. The highest BCUT2D eigenvalue weighted by Crippen LogP contribution is 2.48. The SMILES string of the molecule is Cc1ccc([C@@H]2[C@H](c3ccccn3)N=C3S[C@H](C)CN32)n1-c1cccnc1. The fourth-order valence-corrected chi connectivity index (χ4v) is 5.16. The van der Waals surface area contributed by atoms with Crippen LogP contribution in [0.2, 0.25) is 0 Å². The van der Waals surface area contributed by atoms with E-state index in [4.69, 9.17) is 4.99 Å². The van der Waals surface area contributed by atoms with Crippen LogP contribution in [0.5, 0.6) is 0 Å². The number of amidine groups is 1. The van der Waals surface area contributed by atoms with E-state index in [0.29, 0.717) is 5.25 Å². The first-order chi connectivity index (χ1) is 13.2. The van der Waals surface area contributed by atoms with Crippen LogP contribution in [0, 0.1) is 6.92 Å². The number of thioether (sulfide) groups is 1. The number of fused-ring (bicyclic) bond motifs is 1. The third-order valence-corrected chi connectivity index (χ3v) is 6.30. The van der Waals surface area contributed by atoms with Crippen molar-refractivity contribution in [1.82, 2.24) is 19.4 Å². The highest BCUT2D eigenvalue weighted by Gasteiger charge is 2.44. The van der Waals surface area contributed by atoms with Gasteiger partial charge in [-0.2, -0.15) is 0 Å². The van der Waals surface area contributed by atoms with Gasteiger partial charge in [0.05, 0.1) is 23.6 Å². The van der Waals surface area contributed by atoms with Crippen molar-refractivity contribution in [2.24, 2.45) is 4.99 Å². The Labute approximate surface area is 163 Å². The normalized spacial score (nSPS) is 24.1. The van der Waals surface area contributed by atoms with Crippen molar-refractivity contribution in [3.8, 4) is 5.69 Å². The summed E-state index contributed by atoms with van der Waals surface area (Å²) < 4.78 is 2.31. The van der Waals surface area contributed by atoms with Crippen molar-refractivity contribution in [3.63, 3.8) is 0 Å². The fraction of sp³-hybridized carbons (Fsp3) is 0.286. The number of pyridine rings is 2. The molecule has 3 atom stereocenters. The average molecular weight is 376 g/mol. The van der Waals surface area contributed by atoms with Gasteiger partial charge in [-0.05, 0) is 43.3 Å². The molecule has 5 rings (SSSR count). The number of aromatic nitrogens is 3. The Morgan fingerprint density at radius 1 is 1.07 bits per heavy atom. The molecule has 0 aromatic carbocycles. The van der Waals surface area contributed by atoms with Crippen molar-refractivity contribution >= 4 is 16.9 Å². The van der Waals surface area contributed by atoms with Crippen molar-refractivity contribution in [2.45, 2.75) is 31.2 Å². The Bertz CT molecular complexity index is 982. The predicted octanol–water partition coefficient (Wildman–Crippen LogP) is 4.17. The maximum Gasteiger partial charge on any atom is 0.160 e. The third kappa shape index (κ3) is 2.75. The molecule has 136 valence electrons. The van der Waals surface area contributed by atoms with E-state index in [1.165, 1.54) is 11.4 Å². The first-order valence-electron chi connectivity index (χ1n) is 9.23. The Hall–Kier alpha value is -2.60. The molecule has 5 nitrogen and oxygen atoms in total. The second-order valence-corrected chi connectivity index (χ2v) is 8.49. The van der Waals surface area contributed by atoms with Gasteiger partial charge in [0.1, 0.15) is 6.04 Å². The lowest BCUT2D eigenvalue weighted by atomic mass is 10.0. The molecular weight excluding hydrogens is 354 g/mol. The molecule has 3 aromatic rings. The number of aryl methyl sites for hydroxylation is 1. The molecule has 1 saturated heterocycles. The number of nitrogens with zero attached hydrogens (tertiary/aromatic N) is 5. The lowest BCUT2D eigenvalue weighted by Crippen LogP contribution is -2.30. The summed E-state index contributed by atoms with van der Waals surface area (Å²) in [5.41, 5.74) is 4.55. The van der Waals surface area contributed by atoms with E-state index in [9.17, 15) is 0 Å². The lowest BCUT2D eigenvalue weighted by Gasteiger charge is -2.28. The molecule has 0 amide bonds. The van der Waals surface area contributed by atoms with Gasteiger partial charge >= 0.3 is 0 Å². The second-order valence-electron chi connectivity index (χ2n) is 7.08. The quantitative estimate of drug-likeness (QED) is 0.689. The molecule has 0 saturated carbocycles. The van der Waals surface area contributed by atoms with Crippen LogP contribution in [0.25, 0.3) is 5.69 Å². The van der Waals surface area contributed by atoms with Gasteiger partial charge < -0.3 is 9.47 Å². The van der Waals surface area contributed by atoms with Crippen LogP contribution in [0.4, 0.5) is 0 Å². The zero-order chi connectivity index (χ0) is 18.4. The Balaban J connectivity index is 1.65. The molecule has 0 spiro atoms. The lowest BCUT2D eigenvalue weighted by molar-refractivity contribution is 0.312. The molecule has 2 aliphatic heterocycles. The first kappa shape index (κ1) is 16.6. The molecule has 0 bridgehead atoms. The predicted molar refractivity (Wildman–Crippen MR) is 109 cm³/mol. The van der Waals surface area contributed by atoms with Gasteiger partial charge in [0.15, 0.2) is 5.17 Å². The molecule has 0 aliphatic carbocycles. The molecule has 6 heteroatoms. The molecule has 2 aliphatic rings. The summed E-state index contributed by atoms with van der Waals surface area (Å²) in [5, 5.41) is 1.69. The number of hydrogen-bond acceptors (Lipinski definition) is 5. The van der Waals surface area contributed by atoms with Crippen molar-refractivity contribution < 1.29 is 0 Å². The van der Waals surface area contributed by atoms with Gasteiger partial charge in [0, 0.05) is 35.6 Å². The minimum atomic E-state index is 0.00548. The smallest absolute Gasteiger partial charge is 0.160 e. The number of aliphatic imine (C=N–C) groups is 1. The van der Waals surface area contributed by atoms with Crippen LogP contribution in [-0.4, -0.2) is 36.4 Å². The van der Waals surface area contributed by atoms with E-state index in [0.717, 1.165) is 23.1 Å². The van der Waals surface area contributed by atoms with Crippen LogP contribution in [0.1, 0.15) is 36.1 Å². The zero-order valence-corrected chi connectivity index (χ0v) is 16.2. The maximum absolute atomic E-state index is 5.09. The monoisotopic (exact) mass is 375 g/mol. The summed E-state index contributed by atoms with van der Waals surface area (Å²) in [7, 11) is 0. The standard InChI is InChI=1S/C21H21N5S/c1-14-8-9-18(26(14)16-6-5-10-22-12-16)20-19(17-7-3-4-11-23-17)24-21-25(20)13-15(2)27-21/h3-12,15,19-20H,13H2,1-2H3/t15-,19+,20-/m1/s1. The van der Waals surface area contributed by atoms with Crippen LogP contribution < -0.4 is 0 Å². The highest BCUT2D eigenvalue weighted by atomic mass is 32.2. The summed E-state index contributed by atoms with van der Waals surface area (Å²) in [4.78, 5) is 16.5. The Morgan fingerprint density at radius 2 is 2.00 bits per heavy atom. The van der Waals surface area contributed by atoms with E-state index in [1.54, 1.807) is 0 Å². The topological polar surface area (TPSA) is 46.3 Å². The second kappa shape index (κ2) is 6.53. The molecule has 3 aromatic heterocycles. The molecule has 0 radical (unpaired) electrons. The van der Waals surface area contributed by atoms with Gasteiger partial charge in [-0.1, -0.05) is 24.8 Å². The average Bonchev–Trinajstić information content (AvgIpc) is 3.34. The van der Waals surface area contributed by atoms with Crippen LogP contribution >= 0.6 is 11.8 Å². The molecule has 0 N–H and O–H groups in total. The van der Waals surface area contributed by atoms with Gasteiger partial charge in [0.25, 0.3) is 0 Å². The molecule has 1 fully saturated rings. The molecule has 0 unspecified atom stereocenters. The third-order valence-electron chi connectivity index (χ3n) is 5.19. The van der Waals surface area contributed by atoms with Crippen LogP contribution in [-0.2, 0) is 0 Å². The van der Waals surface area contributed by atoms with Gasteiger partial charge in [-0.3, -0.25) is 15.0 Å². The van der Waals surface area contributed by atoms with E-state index in [1.807, 2.05) is 48.6 Å². The summed E-state index contributed by atoms with van der Waals surface area (Å²) >= 11 is 1.87. The van der Waals surface area contributed by atoms with Crippen LogP contribution in [0.3, 0.4) is 0 Å². The largest absolute Gasteiger partial charge is 0.339 e. The van der Waals surface area contributed by atoms with Gasteiger partial charge in [-0.15, -0.1) is 0 Å². The molecule has 27 heavy (non-hydrogen) atoms. The van der Waals surface area contributed by atoms with Crippen molar-refractivity contribution in [1.29, 1.82) is 0 Å². The Morgan fingerprint density at radius 3 is 2.78 bits per heavy atom. The van der Waals surface area contributed by atoms with E-state index < -0.39 is 0 Å². The minimum absolute atomic E-state index is 0.00548. The highest BCUT2D eigenvalue weighted by molar-refractivity contribution is 8.14. The zero-order valence-electron chi connectivity index (χ0n) is 15.4. The Kier molecular flexibility index (Phi) is 4.01. The van der Waals surface area contributed by atoms with Crippen molar-refractivity contribution in [2.75, 3.05) is 6.54 Å². The van der Waals surface area contributed by atoms with Crippen LogP contribution in [0.15, 0.2) is 66.0 Å². The van der Waals surface area contributed by atoms with Gasteiger partial charge in [-0.25, -0.2) is 0 Å². The molecule has 5 heterocycles. The van der Waals surface area contributed by atoms with E-state index in [-0.39, 0.29) is 12.1 Å². The van der Waals surface area contributed by atoms with Gasteiger partial charge in [0.2, 0.25) is 0 Å². The molecular formula is C21H21N5S. The minimum Gasteiger partial charge on any atom is -0.339 e. The summed E-state index contributed by atoms with van der Waals surface area (Å²) in [6, 6.07) is 14.7. The number of hydrogen-bond donors (Lipinski definition) is 0. The summed E-state index contributed by atoms with van der Waals surface area (Å²) in [5.74, 6) is 0. The van der Waals surface area contributed by atoms with E-state index >= 15 is 0 Å². The first-order valence-corrected chi connectivity index (χ1v) is 10.1. The summed E-state index contributed by atoms with van der Waals surface area (Å²) in [6.45, 7) is 5.42.